The summed E-state index contributed by atoms with van der Waals surface area (Å²) in [6, 6.07) is 9.93. The molecule has 0 unspecified atom stereocenters. The Labute approximate surface area is 190 Å². The fourth-order valence-electron chi connectivity index (χ4n) is 4.61. The fourth-order valence-corrected chi connectivity index (χ4v) is 4.61. The van der Waals surface area contributed by atoms with Crippen molar-refractivity contribution in [3.05, 3.63) is 47.0 Å². The monoisotopic (exact) mass is 442 g/mol. The number of nitrogens with zero attached hydrogens (tertiary/aromatic N) is 2. The Morgan fingerprint density at radius 3 is 2.28 bits per heavy atom. The van der Waals surface area contributed by atoms with Gasteiger partial charge in [-0.05, 0) is 37.6 Å². The van der Waals surface area contributed by atoms with E-state index in [0.717, 1.165) is 73.0 Å². The van der Waals surface area contributed by atoms with Gasteiger partial charge in [0.25, 0.3) is 0 Å². The second-order valence-corrected chi connectivity index (χ2v) is 8.73. The number of aliphatic hydroxyl groups is 1. The number of methoxy groups -OCH3 is 3. The van der Waals surface area contributed by atoms with E-state index in [2.05, 4.69) is 22.9 Å². The first-order chi connectivity index (χ1) is 15.5. The van der Waals surface area contributed by atoms with E-state index in [0.29, 0.717) is 18.9 Å². The van der Waals surface area contributed by atoms with Crippen LogP contribution in [0.2, 0.25) is 0 Å². The lowest BCUT2D eigenvalue weighted by molar-refractivity contribution is -0.0204. The third-order valence-electron chi connectivity index (χ3n) is 6.67. The summed E-state index contributed by atoms with van der Waals surface area (Å²) in [6.45, 7) is 4.54. The van der Waals surface area contributed by atoms with Gasteiger partial charge in [0.15, 0.2) is 0 Å². The molecule has 0 aliphatic carbocycles. The minimum Gasteiger partial charge on any atom is -0.496 e. The van der Waals surface area contributed by atoms with Gasteiger partial charge >= 0.3 is 0 Å². The van der Waals surface area contributed by atoms with Gasteiger partial charge in [-0.1, -0.05) is 6.07 Å². The predicted octanol–water partition coefficient (Wildman–Crippen LogP) is 3.02. The average molecular weight is 443 g/mol. The van der Waals surface area contributed by atoms with Crippen molar-refractivity contribution in [2.24, 2.45) is 0 Å². The average Bonchev–Trinajstić information content (AvgIpc) is 3.02. The van der Waals surface area contributed by atoms with Crippen molar-refractivity contribution < 1.29 is 24.1 Å². The minimum absolute atomic E-state index is 0.599. The molecule has 2 heterocycles. The van der Waals surface area contributed by atoms with Crippen molar-refractivity contribution in [2.45, 2.75) is 31.5 Å². The molecule has 0 atom stereocenters. The van der Waals surface area contributed by atoms with Crippen LogP contribution in [0.3, 0.4) is 0 Å². The van der Waals surface area contributed by atoms with Crippen molar-refractivity contribution >= 4 is 0 Å². The molecule has 2 aliphatic rings. The Kier molecular flexibility index (Phi) is 6.79. The van der Waals surface area contributed by atoms with Gasteiger partial charge in [-0.15, -0.1) is 0 Å². The molecule has 1 saturated heterocycles. The van der Waals surface area contributed by atoms with E-state index in [-0.39, 0.29) is 0 Å². The number of ether oxygens (including phenoxy) is 4. The van der Waals surface area contributed by atoms with Crippen molar-refractivity contribution in [1.29, 1.82) is 0 Å². The number of hydrogen-bond donors (Lipinski definition) is 1. The molecule has 32 heavy (non-hydrogen) atoms. The van der Waals surface area contributed by atoms with Crippen LogP contribution in [0.5, 0.6) is 23.0 Å². The van der Waals surface area contributed by atoms with E-state index in [4.69, 9.17) is 18.9 Å². The molecule has 1 fully saturated rings. The molecule has 0 saturated carbocycles. The van der Waals surface area contributed by atoms with Gasteiger partial charge in [0.1, 0.15) is 29.6 Å². The third-order valence-corrected chi connectivity index (χ3v) is 6.67. The Hall–Kier alpha value is -2.48. The van der Waals surface area contributed by atoms with Crippen LogP contribution < -0.4 is 18.9 Å². The summed E-state index contributed by atoms with van der Waals surface area (Å²) in [5, 5.41) is 11.3. The van der Waals surface area contributed by atoms with Crippen LogP contribution in [0.4, 0.5) is 0 Å². The maximum Gasteiger partial charge on any atom is 0.130 e. The van der Waals surface area contributed by atoms with Gasteiger partial charge in [-0.3, -0.25) is 4.90 Å². The molecule has 0 aromatic heterocycles. The van der Waals surface area contributed by atoms with Gasteiger partial charge in [-0.2, -0.15) is 0 Å². The molecule has 2 aliphatic heterocycles. The first kappa shape index (κ1) is 22.7. The van der Waals surface area contributed by atoms with Crippen molar-refractivity contribution in [1.82, 2.24) is 9.80 Å². The predicted molar refractivity (Wildman–Crippen MR) is 123 cm³/mol. The highest BCUT2D eigenvalue weighted by Crippen LogP contribution is 2.38. The second kappa shape index (κ2) is 9.57. The van der Waals surface area contributed by atoms with Crippen LogP contribution in [-0.2, 0) is 18.7 Å². The zero-order valence-corrected chi connectivity index (χ0v) is 19.5. The van der Waals surface area contributed by atoms with Crippen molar-refractivity contribution in [3.8, 4) is 23.0 Å². The lowest BCUT2D eigenvalue weighted by atomic mass is 9.84. The Morgan fingerprint density at radius 1 is 0.969 bits per heavy atom. The molecule has 1 N–H and O–H groups in total. The molecule has 7 nitrogen and oxygen atoms in total. The first-order valence-electron chi connectivity index (χ1n) is 11.1. The number of rotatable bonds is 6. The van der Waals surface area contributed by atoms with E-state index in [1.807, 2.05) is 24.3 Å². The number of hydrogen-bond acceptors (Lipinski definition) is 7. The lowest BCUT2D eigenvalue weighted by Crippen LogP contribution is -2.40. The molecule has 0 amide bonds. The second-order valence-electron chi connectivity index (χ2n) is 8.73. The minimum atomic E-state index is -0.777. The summed E-state index contributed by atoms with van der Waals surface area (Å²) < 4.78 is 22.7. The number of piperidine rings is 1. The number of fused-ring (bicyclic) bond motifs is 1. The highest BCUT2D eigenvalue weighted by Gasteiger charge is 2.34. The van der Waals surface area contributed by atoms with Crippen LogP contribution in [0.25, 0.3) is 0 Å². The van der Waals surface area contributed by atoms with E-state index in [1.165, 1.54) is 0 Å². The van der Waals surface area contributed by atoms with Crippen LogP contribution in [0, 0.1) is 0 Å². The lowest BCUT2D eigenvalue weighted by Gasteiger charge is -2.37. The largest absolute Gasteiger partial charge is 0.496 e. The highest BCUT2D eigenvalue weighted by atomic mass is 16.5. The molecule has 0 bridgehead atoms. The van der Waals surface area contributed by atoms with Gasteiger partial charge in [0.2, 0.25) is 0 Å². The summed E-state index contributed by atoms with van der Waals surface area (Å²) >= 11 is 0. The SMILES string of the molecule is COc1cc(OC)c(CN2CCOc3ccc(C4(O)CCN(C)CC4)cc3C2)c(OC)c1. The molecule has 2 aromatic rings. The number of likely N-dealkylation sites (tertiary alicyclic amines) is 1. The molecule has 0 radical (unpaired) electrons. The Bertz CT molecular complexity index is 915. The van der Waals surface area contributed by atoms with E-state index < -0.39 is 5.60 Å². The van der Waals surface area contributed by atoms with Gasteiger partial charge in [-0.25, -0.2) is 0 Å². The maximum atomic E-state index is 11.3. The molecule has 0 spiro atoms. The van der Waals surface area contributed by atoms with Crippen LogP contribution in [0.15, 0.2) is 30.3 Å². The molecular formula is C25H34N2O5. The van der Waals surface area contributed by atoms with Crippen LogP contribution >= 0.6 is 0 Å². The molecular weight excluding hydrogens is 408 g/mol. The quantitative estimate of drug-likeness (QED) is 0.738. The maximum absolute atomic E-state index is 11.3. The van der Waals surface area contributed by atoms with Gasteiger partial charge in [0.05, 0.1) is 32.5 Å². The zero-order chi connectivity index (χ0) is 22.7. The van der Waals surface area contributed by atoms with Crippen molar-refractivity contribution in [2.75, 3.05) is 54.6 Å². The fraction of sp³-hybridized carbons (Fsp3) is 0.520. The van der Waals surface area contributed by atoms with Gasteiger partial charge in [0, 0.05) is 50.4 Å². The number of benzene rings is 2. The van der Waals surface area contributed by atoms with E-state index in [9.17, 15) is 5.11 Å². The Balaban J connectivity index is 1.59. The topological polar surface area (TPSA) is 63.6 Å². The van der Waals surface area contributed by atoms with Crippen LogP contribution in [-0.4, -0.2) is 69.5 Å². The molecule has 174 valence electrons. The first-order valence-corrected chi connectivity index (χ1v) is 11.1. The molecule has 7 heteroatoms. The summed E-state index contributed by atoms with van der Waals surface area (Å²) in [5.41, 5.74) is 2.28. The molecule has 2 aromatic carbocycles. The smallest absolute Gasteiger partial charge is 0.130 e. The molecule has 4 rings (SSSR count). The van der Waals surface area contributed by atoms with E-state index >= 15 is 0 Å². The highest BCUT2D eigenvalue weighted by molar-refractivity contribution is 5.51. The van der Waals surface area contributed by atoms with Crippen LogP contribution in [0.1, 0.15) is 29.5 Å². The third kappa shape index (κ3) is 4.65. The van der Waals surface area contributed by atoms with Gasteiger partial charge < -0.3 is 29.0 Å². The Morgan fingerprint density at radius 2 is 1.66 bits per heavy atom. The standard InChI is InChI=1S/C25H34N2O5/c1-26-9-7-25(28,8-10-26)19-5-6-22-18(13-19)16-27(11-12-32-22)17-21-23(30-3)14-20(29-2)15-24(21)31-4/h5-6,13-15,28H,7-12,16-17H2,1-4H3. The van der Waals surface area contributed by atoms with Crippen molar-refractivity contribution in [3.63, 3.8) is 0 Å². The summed E-state index contributed by atoms with van der Waals surface area (Å²) in [4.78, 5) is 4.58. The van der Waals surface area contributed by atoms with E-state index in [1.54, 1.807) is 21.3 Å². The normalized spacial score (nSPS) is 18.9. The summed E-state index contributed by atoms with van der Waals surface area (Å²) in [7, 11) is 7.05. The zero-order valence-electron chi connectivity index (χ0n) is 19.5. The summed E-state index contributed by atoms with van der Waals surface area (Å²) in [5.74, 6) is 3.06. The summed E-state index contributed by atoms with van der Waals surface area (Å²) in [6.07, 6.45) is 1.49.